The van der Waals surface area contributed by atoms with Gasteiger partial charge in [-0.3, -0.25) is 9.59 Å². The fraction of sp³-hybridized carbons (Fsp3) is 0.800. The quantitative estimate of drug-likeness (QED) is 0.620. The van der Waals surface area contributed by atoms with Crippen LogP contribution in [0.15, 0.2) is 0 Å². The van der Waals surface area contributed by atoms with Crippen LogP contribution in [0.5, 0.6) is 0 Å². The molecule has 0 aromatic carbocycles. The first-order valence-electron chi connectivity index (χ1n) is 5.45. The summed E-state index contributed by atoms with van der Waals surface area (Å²) in [4.78, 5) is 22.6. The summed E-state index contributed by atoms with van der Waals surface area (Å²) < 4.78 is 4.90. The summed E-state index contributed by atoms with van der Waals surface area (Å²) in [5, 5.41) is 5.79. The van der Waals surface area contributed by atoms with E-state index in [0.717, 1.165) is 32.2 Å². The van der Waals surface area contributed by atoms with Gasteiger partial charge in [-0.15, -0.1) is 0 Å². The summed E-state index contributed by atoms with van der Waals surface area (Å²) in [6.45, 7) is 0.710. The molecule has 1 heterocycles. The van der Waals surface area contributed by atoms with Crippen LogP contribution in [-0.4, -0.2) is 37.1 Å². The van der Waals surface area contributed by atoms with Gasteiger partial charge in [0.2, 0.25) is 0 Å². The van der Waals surface area contributed by atoms with Gasteiger partial charge >= 0.3 is 5.97 Å². The van der Waals surface area contributed by atoms with Gasteiger partial charge in [0.05, 0.1) is 0 Å². The molecular formula is C10H16N2O3. The fourth-order valence-corrected chi connectivity index (χ4v) is 1.62. The minimum Gasteiger partial charge on any atom is -0.454 e. The van der Waals surface area contributed by atoms with E-state index in [9.17, 15) is 9.59 Å². The van der Waals surface area contributed by atoms with E-state index in [1.54, 1.807) is 0 Å². The third-order valence-corrected chi connectivity index (χ3v) is 2.63. The number of ether oxygens (including phenoxy) is 1. The highest BCUT2D eigenvalue weighted by Gasteiger charge is 2.26. The average molecular weight is 212 g/mol. The van der Waals surface area contributed by atoms with Gasteiger partial charge in [0, 0.05) is 6.04 Å². The molecule has 0 aromatic rings. The molecule has 0 spiro atoms. The molecule has 15 heavy (non-hydrogen) atoms. The third kappa shape index (κ3) is 3.20. The normalized spacial score (nSPS) is 24.9. The topological polar surface area (TPSA) is 67.4 Å². The summed E-state index contributed by atoms with van der Waals surface area (Å²) in [5.74, 6) is -0.498. The molecule has 0 bridgehead atoms. The molecule has 1 amide bonds. The summed E-state index contributed by atoms with van der Waals surface area (Å²) in [7, 11) is 0. The zero-order valence-electron chi connectivity index (χ0n) is 8.62. The van der Waals surface area contributed by atoms with Crippen LogP contribution in [0.2, 0.25) is 0 Å². The summed E-state index contributed by atoms with van der Waals surface area (Å²) in [6.07, 6.45) is 3.89. The van der Waals surface area contributed by atoms with E-state index in [-0.39, 0.29) is 24.5 Å². The highest BCUT2D eigenvalue weighted by Crippen LogP contribution is 2.18. The van der Waals surface area contributed by atoms with Crippen molar-refractivity contribution in [1.82, 2.24) is 10.6 Å². The maximum atomic E-state index is 11.4. The monoisotopic (exact) mass is 212 g/mol. The molecule has 1 unspecified atom stereocenters. The predicted molar refractivity (Wildman–Crippen MR) is 53.1 cm³/mol. The van der Waals surface area contributed by atoms with Crippen molar-refractivity contribution in [1.29, 1.82) is 0 Å². The molecule has 0 aromatic heterocycles. The maximum absolute atomic E-state index is 11.4. The van der Waals surface area contributed by atoms with E-state index >= 15 is 0 Å². The number of amides is 1. The van der Waals surface area contributed by atoms with E-state index < -0.39 is 0 Å². The van der Waals surface area contributed by atoms with Gasteiger partial charge in [-0.1, -0.05) is 0 Å². The van der Waals surface area contributed by atoms with Crippen molar-refractivity contribution in [2.45, 2.75) is 37.8 Å². The van der Waals surface area contributed by atoms with Crippen LogP contribution < -0.4 is 10.6 Å². The predicted octanol–water partition coefficient (Wildman–Crippen LogP) is -0.440. The van der Waals surface area contributed by atoms with E-state index in [1.807, 2.05) is 0 Å². The first-order valence-corrected chi connectivity index (χ1v) is 5.45. The molecule has 1 atom stereocenters. The third-order valence-electron chi connectivity index (χ3n) is 2.63. The Balaban J connectivity index is 1.62. The van der Waals surface area contributed by atoms with Crippen molar-refractivity contribution < 1.29 is 14.3 Å². The number of hydrogen-bond donors (Lipinski definition) is 2. The molecule has 2 N–H and O–H groups in total. The van der Waals surface area contributed by atoms with Gasteiger partial charge in [0.25, 0.3) is 5.91 Å². The molecule has 2 rings (SSSR count). The van der Waals surface area contributed by atoms with E-state index in [2.05, 4.69) is 10.6 Å². The lowest BCUT2D eigenvalue weighted by Gasteiger charge is -2.09. The van der Waals surface area contributed by atoms with E-state index in [4.69, 9.17) is 4.74 Å². The minimum atomic E-state index is -0.307. The molecule has 0 radical (unpaired) electrons. The van der Waals surface area contributed by atoms with Gasteiger partial charge in [-0.25, -0.2) is 0 Å². The SMILES string of the molecule is O=C(COC(=O)C1CCCN1)NC1CC1. The van der Waals surface area contributed by atoms with Gasteiger partial charge in [0.15, 0.2) is 6.61 Å². The standard InChI is InChI=1S/C10H16N2O3/c13-9(12-7-3-4-7)6-15-10(14)8-2-1-5-11-8/h7-8,11H,1-6H2,(H,12,13). The molecule has 1 aliphatic heterocycles. The Morgan fingerprint density at radius 1 is 1.33 bits per heavy atom. The molecule has 1 saturated heterocycles. The second kappa shape index (κ2) is 4.61. The summed E-state index contributed by atoms with van der Waals surface area (Å²) >= 11 is 0. The lowest BCUT2D eigenvalue weighted by molar-refractivity contribution is -0.150. The number of carbonyl (C=O) groups is 2. The van der Waals surface area contributed by atoms with Crippen LogP contribution in [0.3, 0.4) is 0 Å². The number of carbonyl (C=O) groups excluding carboxylic acids is 2. The Morgan fingerprint density at radius 2 is 2.13 bits per heavy atom. The van der Waals surface area contributed by atoms with Crippen LogP contribution in [0.25, 0.3) is 0 Å². The zero-order valence-corrected chi connectivity index (χ0v) is 8.62. The van der Waals surface area contributed by atoms with Gasteiger partial charge in [0.1, 0.15) is 6.04 Å². The Bertz CT molecular complexity index is 257. The van der Waals surface area contributed by atoms with Gasteiger partial charge < -0.3 is 15.4 Å². The second-order valence-corrected chi connectivity index (χ2v) is 4.10. The van der Waals surface area contributed by atoms with Crippen LogP contribution >= 0.6 is 0 Å². The van der Waals surface area contributed by atoms with Gasteiger partial charge in [-0.2, -0.15) is 0 Å². The first-order chi connectivity index (χ1) is 7.25. The highest BCUT2D eigenvalue weighted by atomic mass is 16.5. The largest absolute Gasteiger partial charge is 0.454 e. The van der Waals surface area contributed by atoms with Crippen LogP contribution in [0, 0.1) is 0 Å². The van der Waals surface area contributed by atoms with Crippen molar-refractivity contribution in [2.24, 2.45) is 0 Å². The lowest BCUT2D eigenvalue weighted by Crippen LogP contribution is -2.36. The highest BCUT2D eigenvalue weighted by molar-refractivity contribution is 5.82. The molecule has 1 saturated carbocycles. The zero-order chi connectivity index (χ0) is 10.7. The first kappa shape index (κ1) is 10.4. The average Bonchev–Trinajstić information content (AvgIpc) is 2.86. The van der Waals surface area contributed by atoms with Crippen molar-refractivity contribution in [2.75, 3.05) is 13.2 Å². The number of nitrogens with one attached hydrogen (secondary N) is 2. The van der Waals surface area contributed by atoms with Crippen molar-refractivity contribution in [3.8, 4) is 0 Å². The van der Waals surface area contributed by atoms with Crippen LogP contribution in [0.4, 0.5) is 0 Å². The molecule has 84 valence electrons. The van der Waals surface area contributed by atoms with Crippen LogP contribution in [-0.2, 0) is 14.3 Å². The fourth-order valence-electron chi connectivity index (χ4n) is 1.62. The van der Waals surface area contributed by atoms with Crippen molar-refractivity contribution >= 4 is 11.9 Å². The minimum absolute atomic E-state index is 0.145. The van der Waals surface area contributed by atoms with Crippen LogP contribution in [0.1, 0.15) is 25.7 Å². The molecule has 5 heteroatoms. The maximum Gasteiger partial charge on any atom is 0.323 e. The Kier molecular flexibility index (Phi) is 3.20. The molecule has 2 fully saturated rings. The molecule has 5 nitrogen and oxygen atoms in total. The smallest absolute Gasteiger partial charge is 0.323 e. The summed E-state index contributed by atoms with van der Waals surface area (Å²) in [6, 6.07) is 0.111. The molecular weight excluding hydrogens is 196 g/mol. The Morgan fingerprint density at radius 3 is 2.73 bits per heavy atom. The Labute approximate surface area is 88.5 Å². The van der Waals surface area contributed by atoms with E-state index in [1.165, 1.54) is 0 Å². The van der Waals surface area contributed by atoms with E-state index in [0.29, 0.717) is 6.04 Å². The molecule has 2 aliphatic rings. The van der Waals surface area contributed by atoms with Crippen molar-refractivity contribution in [3.05, 3.63) is 0 Å². The number of rotatable bonds is 4. The van der Waals surface area contributed by atoms with Gasteiger partial charge in [-0.05, 0) is 32.2 Å². The molecule has 1 aliphatic carbocycles. The number of hydrogen-bond acceptors (Lipinski definition) is 4. The van der Waals surface area contributed by atoms with Crippen molar-refractivity contribution in [3.63, 3.8) is 0 Å². The lowest BCUT2D eigenvalue weighted by atomic mass is 10.2. The second-order valence-electron chi connectivity index (χ2n) is 4.10. The summed E-state index contributed by atoms with van der Waals surface area (Å²) in [5.41, 5.74) is 0. The Hall–Kier alpha value is -1.10. The number of esters is 1.